The van der Waals surface area contributed by atoms with E-state index in [-0.39, 0.29) is 13.1 Å². The number of amides is 1. The third-order valence-electron chi connectivity index (χ3n) is 1.52. The van der Waals surface area contributed by atoms with E-state index in [1.165, 1.54) is 0 Å². The molecule has 0 fully saturated rings. The Morgan fingerprint density at radius 3 is 2.38 bits per heavy atom. The highest BCUT2D eigenvalue weighted by atomic mass is 16.4. The van der Waals surface area contributed by atoms with Gasteiger partial charge in [-0.1, -0.05) is 5.92 Å². The number of rotatable bonds is 7. The Balaban J connectivity index is 4.09. The molecule has 7 heteroatoms. The number of nitrogens with one attached hydrogen (secondary N) is 2. The Morgan fingerprint density at radius 1 is 1.31 bits per heavy atom. The first-order valence-corrected chi connectivity index (χ1v) is 4.35. The summed E-state index contributed by atoms with van der Waals surface area (Å²) in [5, 5.41) is 21.6. The number of hydrogen-bond acceptors (Lipinski definition) is 4. The lowest BCUT2D eigenvalue weighted by Gasteiger charge is -2.12. The molecule has 0 spiro atoms. The highest BCUT2D eigenvalue weighted by molar-refractivity contribution is 5.87. The van der Waals surface area contributed by atoms with Crippen LogP contribution < -0.4 is 10.6 Å². The van der Waals surface area contributed by atoms with Crippen molar-refractivity contribution >= 4 is 17.8 Å². The molecule has 7 nitrogen and oxygen atoms in total. The second kappa shape index (κ2) is 7.25. The molecule has 0 saturated carbocycles. The zero-order chi connectivity index (χ0) is 12.6. The molecule has 0 aromatic rings. The van der Waals surface area contributed by atoms with Crippen LogP contribution in [0.4, 0.5) is 0 Å². The maximum absolute atomic E-state index is 11.1. The van der Waals surface area contributed by atoms with Gasteiger partial charge in [0.25, 0.3) is 0 Å². The highest BCUT2D eigenvalue weighted by Crippen LogP contribution is 1.92. The van der Waals surface area contributed by atoms with Gasteiger partial charge >= 0.3 is 11.9 Å². The first-order valence-electron chi connectivity index (χ1n) is 4.35. The van der Waals surface area contributed by atoms with Crippen LogP contribution in [0, 0.1) is 12.3 Å². The number of hydrogen-bond donors (Lipinski definition) is 4. The van der Waals surface area contributed by atoms with Gasteiger partial charge in [0.1, 0.15) is 6.04 Å². The molecule has 0 aromatic carbocycles. The third kappa shape index (κ3) is 6.39. The van der Waals surface area contributed by atoms with E-state index >= 15 is 0 Å². The van der Waals surface area contributed by atoms with Crippen molar-refractivity contribution in [3.8, 4) is 12.3 Å². The Labute approximate surface area is 91.8 Å². The first kappa shape index (κ1) is 13.9. The first-order chi connectivity index (χ1) is 7.47. The summed E-state index contributed by atoms with van der Waals surface area (Å²) < 4.78 is 0. The van der Waals surface area contributed by atoms with Crippen molar-refractivity contribution in [2.45, 2.75) is 12.5 Å². The lowest BCUT2D eigenvalue weighted by molar-refractivity contribution is -0.147. The summed E-state index contributed by atoms with van der Waals surface area (Å²) in [6.45, 7) is 0.0116. The number of carboxylic acids is 2. The zero-order valence-corrected chi connectivity index (χ0v) is 8.40. The Morgan fingerprint density at radius 2 is 1.94 bits per heavy atom. The fourth-order valence-electron chi connectivity index (χ4n) is 0.868. The molecule has 88 valence electrons. The summed E-state index contributed by atoms with van der Waals surface area (Å²) in [4.78, 5) is 32.0. The van der Waals surface area contributed by atoms with Crippen LogP contribution in [-0.2, 0) is 14.4 Å². The molecule has 0 saturated heterocycles. The van der Waals surface area contributed by atoms with Gasteiger partial charge in [0, 0.05) is 0 Å². The average Bonchev–Trinajstić information content (AvgIpc) is 2.16. The van der Waals surface area contributed by atoms with Crippen LogP contribution in [0.15, 0.2) is 0 Å². The molecule has 0 aromatic heterocycles. The van der Waals surface area contributed by atoms with Gasteiger partial charge in [0.2, 0.25) is 5.91 Å². The normalized spacial score (nSPS) is 11.2. The summed E-state index contributed by atoms with van der Waals surface area (Å²) >= 11 is 0. The molecule has 0 bridgehead atoms. The molecular formula is C9H12N2O5. The smallest absolute Gasteiger partial charge is 0.326 e. The summed E-state index contributed by atoms with van der Waals surface area (Å²) in [6, 6.07) is -1.43. The van der Waals surface area contributed by atoms with E-state index in [2.05, 4.69) is 16.6 Å². The van der Waals surface area contributed by atoms with Crippen molar-refractivity contribution < 1.29 is 24.6 Å². The van der Waals surface area contributed by atoms with Gasteiger partial charge in [0.15, 0.2) is 0 Å². The van der Waals surface area contributed by atoms with Crippen molar-refractivity contribution in [3.63, 3.8) is 0 Å². The number of terminal acetylenes is 1. The molecule has 0 heterocycles. The van der Waals surface area contributed by atoms with E-state index in [1.54, 1.807) is 0 Å². The maximum atomic E-state index is 11.1. The predicted molar refractivity (Wildman–Crippen MR) is 53.5 cm³/mol. The average molecular weight is 228 g/mol. The van der Waals surface area contributed by atoms with Gasteiger partial charge in [-0.2, -0.15) is 0 Å². The molecule has 1 atom stereocenters. The highest BCUT2D eigenvalue weighted by Gasteiger charge is 2.22. The summed E-state index contributed by atoms with van der Waals surface area (Å²) in [5.74, 6) is -1.09. The number of carbonyl (C=O) groups excluding carboxylic acids is 1. The van der Waals surface area contributed by atoms with Crippen molar-refractivity contribution in [2.75, 3.05) is 13.1 Å². The molecule has 0 rings (SSSR count). The Bertz CT molecular complexity index is 320. The second-order valence-electron chi connectivity index (χ2n) is 2.86. The second-order valence-corrected chi connectivity index (χ2v) is 2.86. The predicted octanol–water partition coefficient (Wildman–Crippen LogP) is -1.75. The van der Waals surface area contributed by atoms with E-state index in [4.69, 9.17) is 16.6 Å². The van der Waals surface area contributed by atoms with Crippen molar-refractivity contribution in [1.82, 2.24) is 10.6 Å². The lowest BCUT2D eigenvalue weighted by atomic mass is 10.2. The van der Waals surface area contributed by atoms with Gasteiger partial charge in [-0.15, -0.1) is 6.42 Å². The summed E-state index contributed by atoms with van der Waals surface area (Å²) in [7, 11) is 0. The lowest BCUT2D eigenvalue weighted by Crippen LogP contribution is -2.45. The SMILES string of the molecule is C#CCNCC(=O)NC(CC(=O)O)C(=O)O. The fourth-order valence-corrected chi connectivity index (χ4v) is 0.868. The molecule has 1 amide bonds. The molecule has 4 N–H and O–H groups in total. The molecule has 0 radical (unpaired) electrons. The van der Waals surface area contributed by atoms with E-state index < -0.39 is 30.3 Å². The van der Waals surface area contributed by atoms with Crippen LogP contribution in [0.1, 0.15) is 6.42 Å². The number of carbonyl (C=O) groups is 3. The molecule has 16 heavy (non-hydrogen) atoms. The number of carboxylic acid groups (broad SMARTS) is 2. The van der Waals surface area contributed by atoms with E-state index in [0.717, 1.165) is 0 Å². The summed E-state index contributed by atoms with van der Waals surface area (Å²) in [5.41, 5.74) is 0. The van der Waals surface area contributed by atoms with Crippen molar-refractivity contribution in [3.05, 3.63) is 0 Å². The summed E-state index contributed by atoms with van der Waals surface area (Å²) in [6.07, 6.45) is 4.24. The minimum absolute atomic E-state index is 0.159. The monoisotopic (exact) mass is 228 g/mol. The van der Waals surface area contributed by atoms with Gasteiger partial charge in [-0.05, 0) is 0 Å². The van der Waals surface area contributed by atoms with Gasteiger partial charge < -0.3 is 15.5 Å². The van der Waals surface area contributed by atoms with Gasteiger partial charge in [0.05, 0.1) is 19.5 Å². The van der Waals surface area contributed by atoms with Crippen LogP contribution in [-0.4, -0.2) is 47.2 Å². The van der Waals surface area contributed by atoms with Gasteiger partial charge in [-0.3, -0.25) is 14.9 Å². The van der Waals surface area contributed by atoms with Gasteiger partial charge in [-0.25, -0.2) is 4.79 Å². The van der Waals surface area contributed by atoms with Crippen molar-refractivity contribution in [2.24, 2.45) is 0 Å². The Hall–Kier alpha value is -2.07. The zero-order valence-electron chi connectivity index (χ0n) is 8.40. The van der Waals surface area contributed by atoms with Crippen LogP contribution in [0.5, 0.6) is 0 Å². The van der Waals surface area contributed by atoms with Crippen LogP contribution in [0.3, 0.4) is 0 Å². The Kier molecular flexibility index (Phi) is 6.31. The van der Waals surface area contributed by atoms with E-state index in [1.807, 2.05) is 0 Å². The quantitative estimate of drug-likeness (QED) is 0.303. The third-order valence-corrected chi connectivity index (χ3v) is 1.52. The molecule has 0 aliphatic rings. The molecular weight excluding hydrogens is 216 g/mol. The largest absolute Gasteiger partial charge is 0.481 e. The molecule has 1 unspecified atom stereocenters. The minimum Gasteiger partial charge on any atom is -0.481 e. The number of aliphatic carboxylic acids is 2. The maximum Gasteiger partial charge on any atom is 0.326 e. The minimum atomic E-state index is -1.43. The van der Waals surface area contributed by atoms with Crippen LogP contribution in [0.25, 0.3) is 0 Å². The van der Waals surface area contributed by atoms with Crippen molar-refractivity contribution in [1.29, 1.82) is 0 Å². The fraction of sp³-hybridized carbons (Fsp3) is 0.444. The topological polar surface area (TPSA) is 116 Å². The van der Waals surface area contributed by atoms with E-state index in [0.29, 0.717) is 0 Å². The molecule has 0 aliphatic heterocycles. The van der Waals surface area contributed by atoms with Crippen LogP contribution >= 0.6 is 0 Å². The van der Waals surface area contributed by atoms with E-state index in [9.17, 15) is 14.4 Å². The van der Waals surface area contributed by atoms with Crippen LogP contribution in [0.2, 0.25) is 0 Å². The molecule has 0 aliphatic carbocycles. The standard InChI is InChI=1S/C9H12N2O5/c1-2-3-10-5-7(12)11-6(9(15)16)4-8(13)14/h1,6,10H,3-5H2,(H,11,12)(H,13,14)(H,15,16).